The van der Waals surface area contributed by atoms with Crippen LogP contribution in [0.3, 0.4) is 0 Å². The predicted octanol–water partition coefficient (Wildman–Crippen LogP) is 25.1. The molecule has 3 N–H and O–H groups in total. The third kappa shape index (κ3) is 69.6. The molecule has 2 atom stereocenters. The Bertz CT molecular complexity index is 1260. The molecule has 0 aliphatic heterocycles. The summed E-state index contributed by atoms with van der Waals surface area (Å²) < 4.78 is 5.49. The van der Waals surface area contributed by atoms with Crippen LogP contribution in [0.5, 0.6) is 0 Å². The maximum atomic E-state index is 12.5. The summed E-state index contributed by atoms with van der Waals surface area (Å²) in [7, 11) is 0. The highest BCUT2D eigenvalue weighted by molar-refractivity contribution is 5.76. The molecule has 0 aromatic rings. The normalized spacial score (nSPS) is 12.5. The topological polar surface area (TPSA) is 95.9 Å². The van der Waals surface area contributed by atoms with Crippen molar-refractivity contribution in [3.05, 3.63) is 12.2 Å². The van der Waals surface area contributed by atoms with Crippen molar-refractivity contribution < 1.29 is 24.5 Å². The van der Waals surface area contributed by atoms with Crippen LogP contribution in [0, 0.1) is 0 Å². The van der Waals surface area contributed by atoms with Gasteiger partial charge in [0, 0.05) is 12.8 Å². The van der Waals surface area contributed by atoms with E-state index in [1.807, 2.05) is 6.08 Å². The average Bonchev–Trinajstić information content (AvgIpc) is 3.49. The Morgan fingerprint density at radius 1 is 0.325 bits per heavy atom. The first kappa shape index (κ1) is 81.6. The third-order valence-corrected chi connectivity index (χ3v) is 18.3. The zero-order valence-corrected chi connectivity index (χ0v) is 56.7. The van der Waals surface area contributed by atoms with Gasteiger partial charge in [-0.3, -0.25) is 9.59 Å². The summed E-state index contributed by atoms with van der Waals surface area (Å²) in [4.78, 5) is 24.6. The molecular weight excluding hydrogens is 1020 g/mol. The molecule has 0 heterocycles. The number of carbonyl (C=O) groups excluding carboxylic acids is 2. The first-order valence-corrected chi connectivity index (χ1v) is 38.5. The molecule has 0 radical (unpaired) electrons. The number of aliphatic hydroxyl groups excluding tert-OH is 2. The lowest BCUT2D eigenvalue weighted by Gasteiger charge is -2.20. The largest absolute Gasteiger partial charge is 0.466 e. The van der Waals surface area contributed by atoms with Crippen LogP contribution < -0.4 is 5.32 Å². The Morgan fingerprint density at radius 3 is 0.819 bits per heavy atom. The quantitative estimate of drug-likeness (QED) is 0.0320. The molecule has 2 unspecified atom stereocenters. The minimum Gasteiger partial charge on any atom is -0.466 e. The van der Waals surface area contributed by atoms with E-state index in [1.54, 1.807) is 6.08 Å². The molecule has 6 nitrogen and oxygen atoms in total. The number of unbranched alkanes of at least 4 members (excludes halogenated alkanes) is 62. The van der Waals surface area contributed by atoms with Gasteiger partial charge in [0.1, 0.15) is 0 Å². The Morgan fingerprint density at radius 2 is 0.554 bits per heavy atom. The smallest absolute Gasteiger partial charge is 0.305 e. The van der Waals surface area contributed by atoms with Gasteiger partial charge in [-0.1, -0.05) is 411 Å². The fraction of sp³-hybridized carbons (Fsp3) is 0.948. The van der Waals surface area contributed by atoms with Crippen LogP contribution in [0.25, 0.3) is 0 Å². The fourth-order valence-electron chi connectivity index (χ4n) is 12.5. The van der Waals surface area contributed by atoms with Crippen molar-refractivity contribution >= 4 is 11.9 Å². The lowest BCUT2D eigenvalue weighted by atomic mass is 10.0. The van der Waals surface area contributed by atoms with Gasteiger partial charge in [-0.2, -0.15) is 0 Å². The molecule has 0 bridgehead atoms. The maximum absolute atomic E-state index is 12.5. The van der Waals surface area contributed by atoms with Crippen molar-refractivity contribution in [1.29, 1.82) is 0 Å². The van der Waals surface area contributed by atoms with E-state index < -0.39 is 12.1 Å². The molecular formula is C77H151NO5. The summed E-state index contributed by atoms with van der Waals surface area (Å²) >= 11 is 0. The number of allylic oxidation sites excluding steroid dienone is 1. The average molecular weight is 1170 g/mol. The molecule has 0 spiro atoms. The van der Waals surface area contributed by atoms with E-state index in [4.69, 9.17) is 4.74 Å². The van der Waals surface area contributed by atoms with Crippen molar-refractivity contribution in [3.8, 4) is 0 Å². The standard InChI is InChI=1S/C77H151NO5/c1-3-5-7-9-11-13-15-17-18-19-20-21-34-37-40-43-46-49-53-57-61-65-69-75(80)74(73-79)78-76(81)70-66-62-58-54-50-47-44-41-38-35-32-30-28-26-24-22-23-25-27-29-31-33-36-39-42-45-48-52-56-60-64-68-72-83-77(82)71-67-63-59-55-51-16-14-12-10-8-6-4-2/h65,69,74-75,79-80H,3-64,66-68,70-73H2,1-2H3,(H,78,81)/b69-65+. The van der Waals surface area contributed by atoms with Gasteiger partial charge in [-0.15, -0.1) is 0 Å². The zero-order valence-electron chi connectivity index (χ0n) is 56.7. The Labute approximate surface area is 520 Å². The van der Waals surface area contributed by atoms with E-state index in [0.717, 1.165) is 38.5 Å². The monoisotopic (exact) mass is 1170 g/mol. The van der Waals surface area contributed by atoms with Gasteiger partial charge in [0.05, 0.1) is 25.4 Å². The molecule has 0 saturated heterocycles. The molecule has 1 amide bonds. The minimum absolute atomic E-state index is 0.0227. The second kappa shape index (κ2) is 73.1. The highest BCUT2D eigenvalue weighted by atomic mass is 16.5. The van der Waals surface area contributed by atoms with Crippen LogP contribution in [-0.4, -0.2) is 47.4 Å². The van der Waals surface area contributed by atoms with Crippen LogP contribution >= 0.6 is 0 Å². The number of hydrogen-bond acceptors (Lipinski definition) is 5. The van der Waals surface area contributed by atoms with Crippen LogP contribution in [0.1, 0.15) is 444 Å². The van der Waals surface area contributed by atoms with E-state index in [9.17, 15) is 19.8 Å². The van der Waals surface area contributed by atoms with Gasteiger partial charge in [-0.05, 0) is 32.1 Å². The first-order valence-electron chi connectivity index (χ1n) is 38.5. The highest BCUT2D eigenvalue weighted by Crippen LogP contribution is 2.20. The van der Waals surface area contributed by atoms with Crippen molar-refractivity contribution in [2.75, 3.05) is 13.2 Å². The zero-order chi connectivity index (χ0) is 59.9. The number of aliphatic hydroxyl groups is 2. The summed E-state index contributed by atoms with van der Waals surface area (Å²) in [5, 5.41) is 23.3. The molecule has 0 fully saturated rings. The fourth-order valence-corrected chi connectivity index (χ4v) is 12.5. The van der Waals surface area contributed by atoms with Crippen molar-refractivity contribution in [2.45, 2.75) is 456 Å². The molecule has 0 rings (SSSR count). The predicted molar refractivity (Wildman–Crippen MR) is 366 cm³/mol. The summed E-state index contributed by atoms with van der Waals surface area (Å²) in [5.41, 5.74) is 0. The molecule has 0 aromatic heterocycles. The van der Waals surface area contributed by atoms with E-state index >= 15 is 0 Å². The van der Waals surface area contributed by atoms with Crippen molar-refractivity contribution in [3.63, 3.8) is 0 Å². The molecule has 494 valence electrons. The number of nitrogens with one attached hydrogen (secondary N) is 1. The Kier molecular flexibility index (Phi) is 71.8. The number of ether oxygens (including phenoxy) is 1. The Hall–Kier alpha value is -1.40. The molecule has 0 aliphatic carbocycles. The number of hydrogen-bond donors (Lipinski definition) is 3. The maximum Gasteiger partial charge on any atom is 0.305 e. The first-order chi connectivity index (χ1) is 41.0. The van der Waals surface area contributed by atoms with Gasteiger partial charge in [0.15, 0.2) is 0 Å². The van der Waals surface area contributed by atoms with Gasteiger partial charge >= 0.3 is 5.97 Å². The number of amides is 1. The summed E-state index contributed by atoms with van der Waals surface area (Å²) in [6, 6.07) is -0.625. The second-order valence-electron chi connectivity index (χ2n) is 26.7. The van der Waals surface area contributed by atoms with Crippen molar-refractivity contribution in [1.82, 2.24) is 5.32 Å². The van der Waals surface area contributed by atoms with E-state index in [0.29, 0.717) is 19.4 Å². The summed E-state index contributed by atoms with van der Waals surface area (Å²) in [5.74, 6) is -0.0355. The number of rotatable bonds is 73. The van der Waals surface area contributed by atoms with Crippen molar-refractivity contribution in [2.24, 2.45) is 0 Å². The lowest BCUT2D eigenvalue weighted by Crippen LogP contribution is -2.45. The van der Waals surface area contributed by atoms with Crippen LogP contribution in [0.4, 0.5) is 0 Å². The van der Waals surface area contributed by atoms with Gasteiger partial charge in [0.2, 0.25) is 5.91 Å². The Balaban J connectivity index is 3.35. The van der Waals surface area contributed by atoms with E-state index in [1.165, 1.54) is 379 Å². The number of carbonyl (C=O) groups is 2. The summed E-state index contributed by atoms with van der Waals surface area (Å²) in [6.07, 6.45) is 91.8. The van der Waals surface area contributed by atoms with Crippen LogP contribution in [-0.2, 0) is 14.3 Å². The van der Waals surface area contributed by atoms with Crippen LogP contribution in [0.15, 0.2) is 12.2 Å². The SMILES string of the molecule is CCCCCCCCCCCCCCCCCCCCCC/C=C/C(O)C(CO)NC(=O)CCCCCCCCCCCCCCCCCCCCCCCCCCCCCCCCCCOC(=O)CCCCCCCCCCCCCC. The number of esters is 1. The van der Waals surface area contributed by atoms with Gasteiger partial charge in [0.25, 0.3) is 0 Å². The molecule has 6 heteroatoms. The lowest BCUT2D eigenvalue weighted by molar-refractivity contribution is -0.143. The minimum atomic E-state index is -0.842. The molecule has 83 heavy (non-hydrogen) atoms. The molecule has 0 saturated carbocycles. The third-order valence-electron chi connectivity index (χ3n) is 18.3. The van der Waals surface area contributed by atoms with E-state index in [-0.39, 0.29) is 18.5 Å². The van der Waals surface area contributed by atoms with Gasteiger partial charge in [-0.25, -0.2) is 0 Å². The second-order valence-corrected chi connectivity index (χ2v) is 26.7. The van der Waals surface area contributed by atoms with Crippen LogP contribution in [0.2, 0.25) is 0 Å². The highest BCUT2D eigenvalue weighted by Gasteiger charge is 2.18. The van der Waals surface area contributed by atoms with Gasteiger partial charge < -0.3 is 20.3 Å². The molecule has 0 aromatic carbocycles. The van der Waals surface area contributed by atoms with E-state index in [2.05, 4.69) is 19.2 Å². The summed E-state index contributed by atoms with van der Waals surface area (Å²) in [6.45, 7) is 4.96. The molecule has 0 aliphatic rings.